The number of aliphatic hydroxyl groups excluding tert-OH is 4. The quantitative estimate of drug-likeness (QED) is 0.0153. The van der Waals surface area contributed by atoms with Crippen LogP contribution in [0.2, 0.25) is 0 Å². The van der Waals surface area contributed by atoms with E-state index in [2.05, 4.69) is 52.8 Å². The van der Waals surface area contributed by atoms with Crippen LogP contribution < -0.4 is 70.8 Å². The minimum absolute atomic E-state index is 0.0348. The summed E-state index contributed by atoms with van der Waals surface area (Å²) < 4.78 is 0. The second-order valence-corrected chi connectivity index (χ2v) is 21.8. The lowest BCUT2D eigenvalue weighted by Crippen LogP contribution is -2.62. The predicted octanol–water partition coefficient (Wildman–Crippen LogP) is -5.85. The van der Waals surface area contributed by atoms with Gasteiger partial charge in [-0.3, -0.25) is 67.3 Å². The molecule has 0 spiro atoms. The zero-order valence-electron chi connectivity index (χ0n) is 49.8. The lowest BCUT2D eigenvalue weighted by atomic mass is 9.92. The second kappa shape index (κ2) is 42.9. The molecule has 0 aromatic rings. The molecule has 0 aromatic heterocycles. The van der Waals surface area contributed by atoms with E-state index in [1.54, 1.807) is 27.0 Å². The van der Waals surface area contributed by atoms with Crippen molar-refractivity contribution in [3.8, 4) is 0 Å². The number of nitrogens with zero attached hydrogens (tertiary/aromatic N) is 1. The number of unbranched alkanes of at least 4 members (excludes halogenated alkanes) is 1. The highest BCUT2D eigenvalue weighted by molar-refractivity contribution is 7.98. The molecular formula is C53H94N14O17S. The van der Waals surface area contributed by atoms with Crippen molar-refractivity contribution < 1.29 is 82.8 Å². The number of Topliss-reactive ketones (excluding diaryl/α,β-unsaturated/α-hetero) is 3. The van der Waals surface area contributed by atoms with Crippen LogP contribution in [0.1, 0.15) is 125 Å². The van der Waals surface area contributed by atoms with Gasteiger partial charge in [0.15, 0.2) is 23.3 Å². The van der Waals surface area contributed by atoms with Crippen LogP contribution in [0.15, 0.2) is 4.99 Å². The van der Waals surface area contributed by atoms with Crippen molar-refractivity contribution in [2.24, 2.45) is 45.7 Å². The van der Waals surface area contributed by atoms with E-state index in [0.717, 1.165) is 0 Å². The van der Waals surface area contributed by atoms with Crippen molar-refractivity contribution in [2.75, 3.05) is 51.5 Å². The highest BCUT2D eigenvalue weighted by Gasteiger charge is 2.37. The first-order valence-electron chi connectivity index (χ1n) is 28.3. The normalized spacial score (nSPS) is 15.0. The first kappa shape index (κ1) is 78.1. The lowest BCUT2D eigenvalue weighted by Gasteiger charge is -2.29. The lowest BCUT2D eigenvalue weighted by molar-refractivity contribution is -0.137. The average molecular weight is 1230 g/mol. The van der Waals surface area contributed by atoms with Crippen molar-refractivity contribution in [2.45, 2.75) is 179 Å². The first-order valence-corrected chi connectivity index (χ1v) is 29.7. The van der Waals surface area contributed by atoms with Crippen molar-refractivity contribution in [3.05, 3.63) is 0 Å². The Morgan fingerprint density at radius 3 is 1.47 bits per heavy atom. The number of rotatable bonds is 46. The molecule has 11 atom stereocenters. The monoisotopic (exact) mass is 1230 g/mol. The fourth-order valence-electron chi connectivity index (χ4n) is 8.28. The van der Waals surface area contributed by atoms with Gasteiger partial charge in [0.2, 0.25) is 59.1 Å². The van der Waals surface area contributed by atoms with E-state index in [4.69, 9.17) is 22.9 Å². The van der Waals surface area contributed by atoms with Gasteiger partial charge in [-0.05, 0) is 75.3 Å². The molecule has 11 unspecified atom stereocenters. The molecule has 0 radical (unpaired) electrons. The third-order valence-electron chi connectivity index (χ3n) is 13.3. The molecule has 0 rings (SSSR count). The van der Waals surface area contributed by atoms with E-state index in [0.29, 0.717) is 31.6 Å². The number of nitrogens with one attached hydrogen (secondary N) is 9. The molecule has 0 aliphatic heterocycles. The van der Waals surface area contributed by atoms with E-state index in [1.807, 2.05) is 13.8 Å². The summed E-state index contributed by atoms with van der Waals surface area (Å²) >= 11 is 1.37. The first-order chi connectivity index (χ1) is 40.1. The number of carbonyl (C=O) groups is 13. The Hall–Kier alpha value is -6.87. The number of hydrogen-bond acceptors (Lipinski definition) is 20. The van der Waals surface area contributed by atoms with Crippen molar-refractivity contribution in [1.29, 1.82) is 0 Å². The van der Waals surface area contributed by atoms with Crippen molar-refractivity contribution >= 4 is 94.1 Å². The number of carbonyl (C=O) groups excluding carboxylic acids is 13. The Morgan fingerprint density at radius 1 is 0.506 bits per heavy atom. The summed E-state index contributed by atoms with van der Waals surface area (Å²) in [6.45, 7) is 5.76. The molecule has 0 saturated heterocycles. The molecule has 0 aliphatic rings. The van der Waals surface area contributed by atoms with Gasteiger partial charge in [-0.15, -0.1) is 0 Å². The third-order valence-corrected chi connectivity index (χ3v) is 14.0. The number of aliphatic hydroxyl groups is 4. The van der Waals surface area contributed by atoms with Gasteiger partial charge >= 0.3 is 0 Å². The largest absolute Gasteiger partial charge is 0.394 e. The summed E-state index contributed by atoms with van der Waals surface area (Å²) in [7, 11) is 0. The molecule has 21 N–H and O–H groups in total. The van der Waals surface area contributed by atoms with Crippen LogP contribution in [0.3, 0.4) is 0 Å². The summed E-state index contributed by atoms with van der Waals surface area (Å²) in [6.07, 6.45) is 1.81. The van der Waals surface area contributed by atoms with E-state index >= 15 is 0 Å². The number of ketones is 3. The van der Waals surface area contributed by atoms with Gasteiger partial charge in [-0.1, -0.05) is 41.0 Å². The second-order valence-electron chi connectivity index (χ2n) is 20.8. The van der Waals surface area contributed by atoms with Crippen LogP contribution in [0.25, 0.3) is 0 Å². The Bertz CT molecular complexity index is 2260. The van der Waals surface area contributed by atoms with Gasteiger partial charge in [0.05, 0.1) is 44.9 Å². The predicted molar refractivity (Wildman–Crippen MR) is 313 cm³/mol. The summed E-state index contributed by atoms with van der Waals surface area (Å²) in [5.41, 5.74) is 22.1. The molecule has 32 heteroatoms. The van der Waals surface area contributed by atoms with Gasteiger partial charge in [-0.2, -0.15) is 11.8 Å². The van der Waals surface area contributed by atoms with Crippen molar-refractivity contribution in [1.82, 2.24) is 47.9 Å². The number of amides is 10. The Labute approximate surface area is 499 Å². The van der Waals surface area contributed by atoms with Crippen LogP contribution in [0.5, 0.6) is 0 Å². The van der Waals surface area contributed by atoms with Gasteiger partial charge in [0.25, 0.3) is 0 Å². The molecule has 0 saturated carbocycles. The van der Waals surface area contributed by atoms with Gasteiger partial charge in [-0.25, -0.2) is 0 Å². The number of thioether (sulfide) groups is 1. The smallest absolute Gasteiger partial charge is 0.245 e. The molecule has 85 heavy (non-hydrogen) atoms. The maximum Gasteiger partial charge on any atom is 0.245 e. The molecule has 31 nitrogen and oxygen atoms in total. The molecule has 0 fully saturated rings. The fourth-order valence-corrected chi connectivity index (χ4v) is 8.80. The SMILES string of the molecule is CCC(=O)C(CC(C)C)NC(=O)CCC(=O)C(CO)NC(=O)C(CO)NC(=O)C(CO)NC(=O)C(CO)NC(=O)C(NC(=O)C(CCCN=C(N)N)NC(=O)C(CC(N)=O)NC(=O)C(CCSC)CC(=O)C(CCCCN)NC(C)=O)C(C)CC. The zero-order chi connectivity index (χ0) is 64.9. The molecular weight excluding hydrogens is 1140 g/mol. The van der Waals surface area contributed by atoms with E-state index in [1.165, 1.54) is 18.7 Å². The van der Waals surface area contributed by atoms with Crippen LogP contribution in [0.4, 0.5) is 0 Å². The summed E-state index contributed by atoms with van der Waals surface area (Å²) in [4.78, 5) is 176. The maximum atomic E-state index is 14.2. The van der Waals surface area contributed by atoms with Crippen LogP contribution in [-0.4, -0.2) is 209 Å². The Morgan fingerprint density at radius 2 is 1.00 bits per heavy atom. The zero-order valence-corrected chi connectivity index (χ0v) is 50.6. The molecule has 0 bridgehead atoms. The van der Waals surface area contributed by atoms with E-state index < -0.39 is 183 Å². The Kier molecular flexibility index (Phi) is 39.4. The number of guanidine groups is 1. The van der Waals surface area contributed by atoms with Crippen LogP contribution >= 0.6 is 11.8 Å². The van der Waals surface area contributed by atoms with Crippen molar-refractivity contribution in [3.63, 3.8) is 0 Å². The highest BCUT2D eigenvalue weighted by Crippen LogP contribution is 2.18. The summed E-state index contributed by atoms with van der Waals surface area (Å²) in [5.74, 6) is -12.9. The standard InChI is InChI=1S/C53H94N14O17S/c1-8-29(5)45(52(84)66-39(27-71)51(83)65-38(26-70)50(82)64-37(25-69)49(81)63-36(24-68)41(74)15-16-44(77)60-34(21-28(3)4)40(73)9-2)67-47(79)33(14-12-19-58-53(56)57)61-48(80)35(23-43(55)76)62-46(78)31(17-20-85-7)22-42(75)32(59-30(6)72)13-10-11-18-54/h28-29,31-39,45,68-71H,8-27,54H2,1-7H3,(H2,55,76)(H,59,72)(H,60,77)(H,61,80)(H,62,78)(H,63,81)(H,64,82)(H,65,83)(H,66,84)(H,67,79)(H4,56,57,58). The average Bonchev–Trinajstić information content (AvgIpc) is 3.67. The number of primary amides is 1. The summed E-state index contributed by atoms with van der Waals surface area (Å²) in [6, 6.07) is -13.7. The molecule has 0 aromatic carbocycles. The van der Waals surface area contributed by atoms with Gasteiger partial charge in [0.1, 0.15) is 42.3 Å². The molecule has 10 amide bonds. The summed E-state index contributed by atoms with van der Waals surface area (Å²) in [5, 5.41) is 61.6. The number of nitrogens with two attached hydrogens (primary N) is 4. The van der Waals surface area contributed by atoms with Gasteiger partial charge < -0.3 is 91.2 Å². The molecule has 484 valence electrons. The van der Waals surface area contributed by atoms with E-state index in [-0.39, 0.29) is 69.2 Å². The number of aliphatic imine (C=N–C) groups is 1. The third kappa shape index (κ3) is 31.2. The number of hydrogen-bond donors (Lipinski definition) is 17. The topological polar surface area (TPSA) is 528 Å². The van der Waals surface area contributed by atoms with Gasteiger partial charge in [0, 0.05) is 45.1 Å². The van der Waals surface area contributed by atoms with Crippen LogP contribution in [-0.2, 0) is 62.3 Å². The van der Waals surface area contributed by atoms with E-state index in [9.17, 15) is 82.8 Å². The highest BCUT2D eigenvalue weighted by atomic mass is 32.2. The minimum Gasteiger partial charge on any atom is -0.394 e. The molecule has 0 heterocycles. The molecule has 0 aliphatic carbocycles. The Balaban J connectivity index is 6.42. The minimum atomic E-state index is -1.91. The van der Waals surface area contributed by atoms with Crippen LogP contribution in [0, 0.1) is 17.8 Å². The maximum absolute atomic E-state index is 14.2. The fraction of sp³-hybridized carbons (Fsp3) is 0.736.